The normalized spacial score (nSPS) is 19.6. The number of H-pyrrole nitrogens is 1. The maximum atomic E-state index is 14.1. The molecule has 3 atom stereocenters. The molecule has 1 aliphatic heterocycles. The van der Waals surface area contributed by atoms with E-state index in [0.717, 1.165) is 0 Å². The van der Waals surface area contributed by atoms with E-state index in [2.05, 4.69) is 42.8 Å². The Kier molecular flexibility index (Phi) is 6.03. The summed E-state index contributed by atoms with van der Waals surface area (Å²) in [6.07, 6.45) is 0.363. The van der Waals surface area contributed by atoms with E-state index >= 15 is 0 Å². The van der Waals surface area contributed by atoms with Crippen molar-refractivity contribution < 1.29 is 23.5 Å². The first-order chi connectivity index (χ1) is 15.9. The number of hydrogen-bond acceptors (Lipinski definition) is 8. The third kappa shape index (κ3) is 4.25. The minimum atomic E-state index is -1.57. The molecule has 1 aromatic carbocycles. The van der Waals surface area contributed by atoms with Gasteiger partial charge in [0.1, 0.15) is 12.4 Å². The number of aromatic nitrogens is 5. The van der Waals surface area contributed by atoms with Crippen LogP contribution in [-0.4, -0.2) is 63.4 Å². The number of methoxy groups -OCH3 is 1. The average Bonchev–Trinajstić information content (AvgIpc) is 3.43. The highest BCUT2D eigenvalue weighted by Gasteiger charge is 2.41. The van der Waals surface area contributed by atoms with E-state index in [1.807, 2.05) is 6.92 Å². The van der Waals surface area contributed by atoms with Gasteiger partial charge in [0.15, 0.2) is 6.17 Å². The molecule has 12 heteroatoms. The Morgan fingerprint density at radius 2 is 2.12 bits per heavy atom. The van der Waals surface area contributed by atoms with Crippen molar-refractivity contribution in [2.75, 3.05) is 13.7 Å². The van der Waals surface area contributed by atoms with Crippen LogP contribution in [0.25, 0.3) is 10.8 Å². The van der Waals surface area contributed by atoms with E-state index in [9.17, 15) is 14.0 Å². The molecule has 0 aliphatic carbocycles. The highest BCUT2D eigenvalue weighted by molar-refractivity contribution is 6.03. The second kappa shape index (κ2) is 9.07. The Labute approximate surface area is 187 Å². The molecule has 1 saturated heterocycles. The standard InChI is InChI=1S/C21H20FN7O4/c1-3-11-15(25-20(31)18(11)22)9-33-21-13-7-16(32-2)14(19(23)30)6-12(13)10(8-24-21)4-5-17-26-28-29-27-17/h6-8,11,15,18H,3,9H2,1-2H3,(H2,23,30)(H,25,31)(H,26,27,28,29)/t11-,15+,18-/m0/s1. The molecule has 0 bridgehead atoms. The van der Waals surface area contributed by atoms with Crippen LogP contribution in [0.4, 0.5) is 4.39 Å². The van der Waals surface area contributed by atoms with Gasteiger partial charge in [0.2, 0.25) is 11.7 Å². The van der Waals surface area contributed by atoms with Crippen molar-refractivity contribution in [3.05, 3.63) is 35.3 Å². The molecule has 3 aromatic rings. The molecule has 0 saturated carbocycles. The molecule has 0 spiro atoms. The predicted molar refractivity (Wildman–Crippen MR) is 113 cm³/mol. The number of alkyl halides is 1. The topological polar surface area (TPSA) is 158 Å². The number of primary amides is 1. The van der Waals surface area contributed by atoms with Crippen LogP contribution in [0.5, 0.6) is 11.6 Å². The number of nitrogens with zero attached hydrogens (tertiary/aromatic N) is 4. The minimum absolute atomic E-state index is 0.0144. The van der Waals surface area contributed by atoms with Crippen LogP contribution in [-0.2, 0) is 4.79 Å². The molecule has 2 aromatic heterocycles. The summed E-state index contributed by atoms with van der Waals surface area (Å²) in [7, 11) is 1.41. The van der Waals surface area contributed by atoms with Gasteiger partial charge in [0.25, 0.3) is 11.8 Å². The van der Waals surface area contributed by atoms with Crippen molar-refractivity contribution in [2.24, 2.45) is 11.7 Å². The van der Waals surface area contributed by atoms with Gasteiger partial charge in [0, 0.05) is 22.9 Å². The number of benzene rings is 1. The summed E-state index contributed by atoms with van der Waals surface area (Å²) >= 11 is 0. The van der Waals surface area contributed by atoms with Gasteiger partial charge in [0.05, 0.1) is 24.3 Å². The third-order valence-corrected chi connectivity index (χ3v) is 5.43. The lowest BCUT2D eigenvalue weighted by molar-refractivity contribution is -0.123. The smallest absolute Gasteiger partial charge is 0.255 e. The number of pyridine rings is 1. The Morgan fingerprint density at radius 3 is 2.79 bits per heavy atom. The number of amides is 2. The van der Waals surface area contributed by atoms with Crippen molar-refractivity contribution in [1.29, 1.82) is 0 Å². The molecule has 4 rings (SSSR count). The zero-order valence-corrected chi connectivity index (χ0v) is 17.8. The molecule has 4 N–H and O–H groups in total. The number of aromatic amines is 1. The number of ether oxygens (including phenoxy) is 2. The summed E-state index contributed by atoms with van der Waals surface area (Å²) in [5.74, 6) is 4.42. The minimum Gasteiger partial charge on any atom is -0.496 e. The van der Waals surface area contributed by atoms with Gasteiger partial charge in [-0.15, -0.1) is 5.10 Å². The highest BCUT2D eigenvalue weighted by Crippen LogP contribution is 2.33. The molecular formula is C21H20FN7O4. The summed E-state index contributed by atoms with van der Waals surface area (Å²) < 4.78 is 25.3. The van der Waals surface area contributed by atoms with Crippen molar-refractivity contribution in [3.63, 3.8) is 0 Å². The molecule has 33 heavy (non-hydrogen) atoms. The van der Waals surface area contributed by atoms with Crippen molar-refractivity contribution in [3.8, 4) is 23.5 Å². The summed E-state index contributed by atoms with van der Waals surface area (Å²) in [6.45, 7) is 1.83. The van der Waals surface area contributed by atoms with E-state index in [0.29, 0.717) is 22.8 Å². The lowest BCUT2D eigenvalue weighted by Gasteiger charge is -2.19. The SMILES string of the molecule is CC[C@@H]1[C@H](F)C(=O)N[C@@H]1COc1ncc(C#Cc2nn[nH]n2)c2cc(C(N)=O)c(OC)cc12. The average molecular weight is 453 g/mol. The first-order valence-corrected chi connectivity index (χ1v) is 10.1. The van der Waals surface area contributed by atoms with Crippen molar-refractivity contribution in [2.45, 2.75) is 25.6 Å². The van der Waals surface area contributed by atoms with Gasteiger partial charge in [-0.3, -0.25) is 9.59 Å². The number of carbonyl (C=O) groups excluding carboxylic acids is 2. The first-order valence-electron chi connectivity index (χ1n) is 10.1. The third-order valence-electron chi connectivity index (χ3n) is 5.43. The largest absolute Gasteiger partial charge is 0.496 e. The molecule has 0 radical (unpaired) electrons. The van der Waals surface area contributed by atoms with Crippen molar-refractivity contribution >= 4 is 22.6 Å². The van der Waals surface area contributed by atoms with Crippen LogP contribution in [0.1, 0.15) is 35.1 Å². The van der Waals surface area contributed by atoms with Crippen LogP contribution in [0, 0.1) is 17.8 Å². The van der Waals surface area contributed by atoms with Crippen LogP contribution >= 0.6 is 0 Å². The van der Waals surface area contributed by atoms with E-state index in [-0.39, 0.29) is 29.6 Å². The van der Waals surface area contributed by atoms with Gasteiger partial charge < -0.3 is 20.5 Å². The fourth-order valence-electron chi connectivity index (χ4n) is 3.75. The van der Waals surface area contributed by atoms with Gasteiger partial charge in [-0.2, -0.15) is 5.21 Å². The lowest BCUT2D eigenvalue weighted by Crippen LogP contribution is -2.34. The second-order valence-corrected chi connectivity index (χ2v) is 7.32. The molecule has 11 nitrogen and oxygen atoms in total. The predicted octanol–water partition coefficient (Wildman–Crippen LogP) is 0.497. The number of hydrogen-bond donors (Lipinski definition) is 3. The monoisotopic (exact) mass is 453 g/mol. The fraction of sp³-hybridized carbons (Fsp3) is 0.333. The summed E-state index contributed by atoms with van der Waals surface area (Å²) in [4.78, 5) is 28.0. The first kappa shape index (κ1) is 21.9. The van der Waals surface area contributed by atoms with E-state index < -0.39 is 29.9 Å². The van der Waals surface area contributed by atoms with Gasteiger partial charge in [-0.1, -0.05) is 17.9 Å². The molecule has 3 heterocycles. The fourth-order valence-corrected chi connectivity index (χ4v) is 3.75. The zero-order chi connectivity index (χ0) is 23.5. The zero-order valence-electron chi connectivity index (χ0n) is 17.8. The maximum absolute atomic E-state index is 14.1. The van der Waals surface area contributed by atoms with Crippen LogP contribution in [0.2, 0.25) is 0 Å². The summed E-state index contributed by atoms with van der Waals surface area (Å²) in [5, 5.41) is 16.9. The molecule has 1 aliphatic rings. The Morgan fingerprint density at radius 1 is 1.30 bits per heavy atom. The molecule has 0 unspecified atom stereocenters. The van der Waals surface area contributed by atoms with Crippen LogP contribution in [0.15, 0.2) is 18.3 Å². The number of rotatable bonds is 6. The molecule has 2 amide bonds. The number of halogens is 1. The molecule has 1 fully saturated rings. The van der Waals surface area contributed by atoms with Gasteiger partial charge >= 0.3 is 0 Å². The van der Waals surface area contributed by atoms with E-state index in [1.54, 1.807) is 6.07 Å². The number of carbonyl (C=O) groups is 2. The Bertz CT molecular complexity index is 1270. The quantitative estimate of drug-likeness (QED) is 0.455. The number of nitrogens with one attached hydrogen (secondary N) is 2. The number of fused-ring (bicyclic) bond motifs is 1. The summed E-state index contributed by atoms with van der Waals surface area (Å²) in [6, 6.07) is 2.60. The molecular weight excluding hydrogens is 433 g/mol. The number of tetrazole rings is 1. The van der Waals surface area contributed by atoms with Crippen molar-refractivity contribution in [1.82, 2.24) is 30.9 Å². The Balaban J connectivity index is 1.75. The van der Waals surface area contributed by atoms with Crippen LogP contribution < -0.4 is 20.5 Å². The van der Waals surface area contributed by atoms with Crippen LogP contribution in [0.3, 0.4) is 0 Å². The van der Waals surface area contributed by atoms with E-state index in [4.69, 9.17) is 15.2 Å². The molecule has 170 valence electrons. The summed E-state index contributed by atoms with van der Waals surface area (Å²) in [5.41, 5.74) is 6.12. The van der Waals surface area contributed by atoms with Gasteiger partial charge in [-0.25, -0.2) is 9.37 Å². The highest BCUT2D eigenvalue weighted by atomic mass is 19.1. The maximum Gasteiger partial charge on any atom is 0.255 e. The number of nitrogens with two attached hydrogens (primary N) is 1. The van der Waals surface area contributed by atoms with E-state index in [1.165, 1.54) is 19.4 Å². The lowest BCUT2D eigenvalue weighted by atomic mass is 9.97. The Hall–Kier alpha value is -4.27. The second-order valence-electron chi connectivity index (χ2n) is 7.32. The van der Waals surface area contributed by atoms with Gasteiger partial charge in [-0.05, 0) is 29.7 Å².